The van der Waals surface area contributed by atoms with Gasteiger partial charge in [-0.1, -0.05) is 24.6 Å². The van der Waals surface area contributed by atoms with Crippen molar-refractivity contribution in [2.24, 2.45) is 0 Å². The highest BCUT2D eigenvalue weighted by molar-refractivity contribution is 7.89. The van der Waals surface area contributed by atoms with E-state index in [1.807, 2.05) is 25.9 Å². The third-order valence-corrected chi connectivity index (χ3v) is 7.79. The van der Waals surface area contributed by atoms with Crippen LogP contribution in [0.15, 0.2) is 53.4 Å². The van der Waals surface area contributed by atoms with Gasteiger partial charge in [-0.2, -0.15) is 4.31 Å². The van der Waals surface area contributed by atoms with Crippen LogP contribution in [0.2, 0.25) is 0 Å². The number of carbonyl (C=O) groups is 1. The summed E-state index contributed by atoms with van der Waals surface area (Å²) in [4.78, 5) is 14.9. The lowest BCUT2D eigenvalue weighted by molar-refractivity contribution is 0.0941. The first-order chi connectivity index (χ1) is 14.7. The second-order valence-electron chi connectivity index (χ2n) is 8.23. The Balaban J connectivity index is 1.74. The molecule has 1 heterocycles. The largest absolute Gasteiger partial charge is 0.350 e. The van der Waals surface area contributed by atoms with E-state index in [2.05, 4.69) is 5.32 Å². The van der Waals surface area contributed by atoms with E-state index in [-0.39, 0.29) is 28.7 Å². The molecule has 1 aliphatic heterocycles. The fraction of sp³-hybridized carbons (Fsp3) is 0.435. The Hall–Kier alpha value is -2.29. The topological polar surface area (TPSA) is 69.7 Å². The van der Waals surface area contributed by atoms with Gasteiger partial charge >= 0.3 is 0 Å². The second kappa shape index (κ2) is 9.89. The average molecular weight is 448 g/mol. The second-order valence-corrected chi connectivity index (χ2v) is 10.1. The lowest BCUT2D eigenvalue weighted by Gasteiger charge is -2.32. The van der Waals surface area contributed by atoms with Gasteiger partial charge in [-0.05, 0) is 69.8 Å². The fourth-order valence-electron chi connectivity index (χ4n) is 3.94. The predicted octanol–water partition coefficient (Wildman–Crippen LogP) is 3.42. The Morgan fingerprint density at radius 3 is 2.55 bits per heavy atom. The molecule has 0 aliphatic carbocycles. The Bertz CT molecular complexity index is 1010. The molecule has 0 aromatic heterocycles. The van der Waals surface area contributed by atoms with Crippen LogP contribution >= 0.6 is 0 Å². The Morgan fingerprint density at radius 2 is 1.90 bits per heavy atom. The molecule has 8 heteroatoms. The van der Waals surface area contributed by atoms with E-state index in [1.165, 1.54) is 28.6 Å². The molecule has 2 aromatic carbocycles. The highest BCUT2D eigenvalue weighted by atomic mass is 32.2. The van der Waals surface area contributed by atoms with Crippen LogP contribution in [0.5, 0.6) is 0 Å². The molecule has 1 aliphatic rings. The van der Waals surface area contributed by atoms with Gasteiger partial charge in [0.25, 0.3) is 5.91 Å². The number of piperidine rings is 1. The number of hydrogen-bond acceptors (Lipinski definition) is 4. The lowest BCUT2D eigenvalue weighted by atomic mass is 10.1. The molecule has 2 atom stereocenters. The third kappa shape index (κ3) is 5.50. The van der Waals surface area contributed by atoms with Gasteiger partial charge in [-0.3, -0.25) is 4.79 Å². The quantitative estimate of drug-likeness (QED) is 0.706. The van der Waals surface area contributed by atoms with Gasteiger partial charge in [0.05, 0.1) is 10.9 Å². The van der Waals surface area contributed by atoms with E-state index in [9.17, 15) is 17.6 Å². The molecule has 1 saturated heterocycles. The summed E-state index contributed by atoms with van der Waals surface area (Å²) in [7, 11) is 0.115. The van der Waals surface area contributed by atoms with Crippen molar-refractivity contribution in [2.45, 2.75) is 43.2 Å². The van der Waals surface area contributed by atoms with Crippen LogP contribution < -0.4 is 5.32 Å². The molecule has 0 radical (unpaired) electrons. The van der Waals surface area contributed by atoms with E-state index in [4.69, 9.17) is 0 Å². The summed E-state index contributed by atoms with van der Waals surface area (Å²) in [6.45, 7) is 2.73. The number of carbonyl (C=O) groups excluding carboxylic acids is 1. The van der Waals surface area contributed by atoms with Crippen molar-refractivity contribution in [1.29, 1.82) is 0 Å². The zero-order valence-electron chi connectivity index (χ0n) is 18.2. The summed E-state index contributed by atoms with van der Waals surface area (Å²) in [5, 5.41) is 2.88. The first-order valence-corrected chi connectivity index (χ1v) is 12.0. The van der Waals surface area contributed by atoms with Gasteiger partial charge in [-0.25, -0.2) is 12.8 Å². The van der Waals surface area contributed by atoms with Crippen molar-refractivity contribution in [2.75, 3.05) is 27.2 Å². The molecule has 2 unspecified atom stereocenters. The number of amides is 1. The van der Waals surface area contributed by atoms with Crippen LogP contribution in [-0.2, 0) is 10.0 Å². The molecule has 1 amide bonds. The standard InChI is InChI=1S/C23H30FN3O3S/c1-17-7-4-5-14-27(17)31(29,30)21-9-6-8-19(15-21)23(28)25-16-22(26(2)3)18-10-12-20(24)13-11-18/h6,8-13,15,17,22H,4-5,7,14,16H2,1-3H3,(H,25,28). The minimum Gasteiger partial charge on any atom is -0.350 e. The summed E-state index contributed by atoms with van der Waals surface area (Å²) < 4.78 is 41.0. The number of nitrogens with one attached hydrogen (secondary N) is 1. The van der Waals surface area contributed by atoms with Crippen LogP contribution in [-0.4, -0.2) is 56.8 Å². The molecular formula is C23H30FN3O3S. The van der Waals surface area contributed by atoms with E-state index in [0.29, 0.717) is 18.7 Å². The smallest absolute Gasteiger partial charge is 0.251 e. The summed E-state index contributed by atoms with van der Waals surface area (Å²) in [6.07, 6.45) is 2.71. The SMILES string of the molecule is CC1CCCCN1S(=O)(=O)c1cccc(C(=O)NCC(c2ccc(F)cc2)N(C)C)c1. The highest BCUT2D eigenvalue weighted by Crippen LogP contribution is 2.25. The van der Waals surface area contributed by atoms with E-state index >= 15 is 0 Å². The van der Waals surface area contributed by atoms with Crippen molar-refractivity contribution in [3.05, 3.63) is 65.5 Å². The molecule has 6 nitrogen and oxygen atoms in total. The minimum atomic E-state index is -3.65. The molecule has 1 fully saturated rings. The molecule has 3 rings (SSSR count). The van der Waals surface area contributed by atoms with E-state index in [0.717, 1.165) is 24.8 Å². The molecule has 0 bridgehead atoms. The molecule has 31 heavy (non-hydrogen) atoms. The van der Waals surface area contributed by atoms with Crippen LogP contribution in [0, 0.1) is 5.82 Å². The molecular weight excluding hydrogens is 417 g/mol. The lowest BCUT2D eigenvalue weighted by Crippen LogP contribution is -2.42. The molecule has 168 valence electrons. The van der Waals surface area contributed by atoms with Gasteiger partial charge < -0.3 is 10.2 Å². The number of sulfonamides is 1. The Morgan fingerprint density at radius 1 is 1.19 bits per heavy atom. The summed E-state index contributed by atoms with van der Waals surface area (Å²) in [5.74, 6) is -0.663. The summed E-state index contributed by atoms with van der Waals surface area (Å²) in [5.41, 5.74) is 1.17. The number of halogens is 1. The number of benzene rings is 2. The number of hydrogen-bond donors (Lipinski definition) is 1. The maximum Gasteiger partial charge on any atom is 0.251 e. The Labute approximate surface area is 184 Å². The van der Waals surface area contributed by atoms with Crippen molar-refractivity contribution >= 4 is 15.9 Å². The van der Waals surface area contributed by atoms with Crippen LogP contribution in [0.3, 0.4) is 0 Å². The van der Waals surface area contributed by atoms with Crippen molar-refractivity contribution < 1.29 is 17.6 Å². The van der Waals surface area contributed by atoms with Crippen molar-refractivity contribution in [3.63, 3.8) is 0 Å². The van der Waals surface area contributed by atoms with Gasteiger partial charge in [0, 0.05) is 24.7 Å². The summed E-state index contributed by atoms with van der Waals surface area (Å²) in [6, 6.07) is 12.2. The van der Waals surface area contributed by atoms with E-state index < -0.39 is 10.0 Å². The molecule has 0 saturated carbocycles. The third-order valence-electron chi connectivity index (χ3n) is 5.78. The van der Waals surface area contributed by atoms with Gasteiger partial charge in [0.1, 0.15) is 5.82 Å². The fourth-order valence-corrected chi connectivity index (χ4v) is 5.68. The number of likely N-dealkylation sites (N-methyl/N-ethyl adjacent to an activating group) is 1. The normalized spacial score (nSPS) is 18.7. The van der Waals surface area contributed by atoms with Crippen molar-refractivity contribution in [1.82, 2.24) is 14.5 Å². The van der Waals surface area contributed by atoms with E-state index in [1.54, 1.807) is 24.3 Å². The zero-order valence-corrected chi connectivity index (χ0v) is 19.0. The number of nitrogens with zero attached hydrogens (tertiary/aromatic N) is 2. The van der Waals surface area contributed by atoms with Crippen LogP contribution in [0.1, 0.15) is 48.1 Å². The minimum absolute atomic E-state index is 0.0483. The van der Waals surface area contributed by atoms with Crippen LogP contribution in [0.25, 0.3) is 0 Å². The summed E-state index contributed by atoms with van der Waals surface area (Å²) >= 11 is 0. The first kappa shape index (κ1) is 23.4. The molecule has 1 N–H and O–H groups in total. The monoisotopic (exact) mass is 447 g/mol. The molecule has 2 aromatic rings. The maximum atomic E-state index is 13.2. The van der Waals surface area contributed by atoms with Crippen LogP contribution in [0.4, 0.5) is 4.39 Å². The average Bonchev–Trinajstić information content (AvgIpc) is 2.75. The van der Waals surface area contributed by atoms with Gasteiger partial charge in [-0.15, -0.1) is 0 Å². The highest BCUT2D eigenvalue weighted by Gasteiger charge is 2.31. The Kier molecular flexibility index (Phi) is 7.46. The van der Waals surface area contributed by atoms with Gasteiger partial charge in [0.15, 0.2) is 0 Å². The predicted molar refractivity (Wildman–Crippen MR) is 119 cm³/mol. The first-order valence-electron chi connectivity index (χ1n) is 10.5. The molecule has 0 spiro atoms. The maximum absolute atomic E-state index is 13.2. The van der Waals surface area contributed by atoms with Gasteiger partial charge in [0.2, 0.25) is 10.0 Å². The zero-order chi connectivity index (χ0) is 22.6. The van der Waals surface area contributed by atoms with Crippen molar-refractivity contribution in [3.8, 4) is 0 Å². The number of rotatable bonds is 7.